The maximum Gasteiger partial charge on any atom is 0.176 e. The predicted molar refractivity (Wildman–Crippen MR) is 54.8 cm³/mol. The van der Waals surface area contributed by atoms with E-state index >= 15 is 0 Å². The summed E-state index contributed by atoms with van der Waals surface area (Å²) >= 11 is 0. The van der Waals surface area contributed by atoms with Gasteiger partial charge < -0.3 is 11.1 Å². The van der Waals surface area contributed by atoms with Crippen LogP contribution in [0.3, 0.4) is 0 Å². The third kappa shape index (κ3) is 5.11. The van der Waals surface area contributed by atoms with E-state index in [1.807, 2.05) is 32.3 Å². The number of carbonyl (C=O) groups is 1. The molecule has 0 aromatic heterocycles. The van der Waals surface area contributed by atoms with Gasteiger partial charge in [0.1, 0.15) is 0 Å². The van der Waals surface area contributed by atoms with Gasteiger partial charge in [0.15, 0.2) is 5.78 Å². The summed E-state index contributed by atoms with van der Waals surface area (Å²) in [5, 5.41) is 2.75. The highest BCUT2D eigenvalue weighted by atomic mass is 16.1. The molecule has 13 heavy (non-hydrogen) atoms. The lowest BCUT2D eigenvalue weighted by Crippen LogP contribution is -2.12. The molecule has 0 bridgehead atoms. The fourth-order valence-corrected chi connectivity index (χ4v) is 0.742. The van der Waals surface area contributed by atoms with Crippen molar-refractivity contribution in [2.45, 2.75) is 0 Å². The molecule has 0 unspecified atom stereocenters. The van der Waals surface area contributed by atoms with Gasteiger partial charge >= 0.3 is 0 Å². The number of rotatable bonds is 2. The summed E-state index contributed by atoms with van der Waals surface area (Å²) in [5.74, 6) is -0.0133. The van der Waals surface area contributed by atoms with E-state index in [9.17, 15) is 4.79 Å². The van der Waals surface area contributed by atoms with Gasteiger partial charge in [-0.15, -0.1) is 0 Å². The summed E-state index contributed by atoms with van der Waals surface area (Å²) in [5.41, 5.74) is 5.84. The summed E-state index contributed by atoms with van der Waals surface area (Å²) in [6.45, 7) is 0.0873. The maximum absolute atomic E-state index is 10.9. The number of hydrogen-bond donors (Lipinski definition) is 2. The van der Waals surface area contributed by atoms with E-state index in [0.717, 1.165) is 0 Å². The third-order valence-corrected chi connectivity index (χ3v) is 1.28. The Morgan fingerprint density at radius 3 is 2.15 bits per heavy atom. The lowest BCUT2D eigenvalue weighted by atomic mass is 10.1. The number of Topliss-reactive ketones (excluding diaryl/α,β-unsaturated/α-hetero) is 1. The molecule has 1 rings (SSSR count). The molecule has 0 heterocycles. The number of carbonyl (C=O) groups excluding carboxylic acids is 1. The van der Waals surface area contributed by atoms with Crippen molar-refractivity contribution in [2.24, 2.45) is 5.73 Å². The number of hydrogen-bond acceptors (Lipinski definition) is 3. The minimum Gasteiger partial charge on any atom is -0.324 e. The lowest BCUT2D eigenvalue weighted by molar-refractivity contribution is 0.100. The van der Waals surface area contributed by atoms with Crippen molar-refractivity contribution in [3.63, 3.8) is 0 Å². The molecular weight excluding hydrogens is 164 g/mol. The molecule has 1 aromatic carbocycles. The Hall–Kier alpha value is -1.19. The Morgan fingerprint density at radius 1 is 1.31 bits per heavy atom. The molecule has 0 atom stereocenters. The first-order valence-corrected chi connectivity index (χ1v) is 4.13. The van der Waals surface area contributed by atoms with Crippen LogP contribution in [0.15, 0.2) is 30.3 Å². The molecule has 72 valence electrons. The first kappa shape index (κ1) is 11.8. The lowest BCUT2D eigenvalue weighted by Gasteiger charge is -1.93. The first-order valence-electron chi connectivity index (χ1n) is 4.13. The maximum atomic E-state index is 10.9. The Morgan fingerprint density at radius 2 is 1.77 bits per heavy atom. The van der Waals surface area contributed by atoms with Gasteiger partial charge in [-0.3, -0.25) is 4.79 Å². The predicted octanol–water partition coefficient (Wildman–Crippen LogP) is 0.664. The topological polar surface area (TPSA) is 55.1 Å². The van der Waals surface area contributed by atoms with E-state index in [2.05, 4.69) is 5.32 Å². The Labute approximate surface area is 78.9 Å². The van der Waals surface area contributed by atoms with E-state index in [4.69, 9.17) is 5.73 Å². The van der Waals surface area contributed by atoms with Crippen molar-refractivity contribution in [1.29, 1.82) is 0 Å². The van der Waals surface area contributed by atoms with Gasteiger partial charge in [0, 0.05) is 5.56 Å². The van der Waals surface area contributed by atoms with Gasteiger partial charge in [0.05, 0.1) is 6.54 Å². The van der Waals surface area contributed by atoms with E-state index in [-0.39, 0.29) is 12.3 Å². The van der Waals surface area contributed by atoms with E-state index in [1.54, 1.807) is 12.1 Å². The highest BCUT2D eigenvalue weighted by Crippen LogP contribution is 1.97. The number of nitrogens with two attached hydrogens (primary N) is 1. The molecule has 3 heteroatoms. The van der Waals surface area contributed by atoms with Crippen LogP contribution in [0.25, 0.3) is 0 Å². The van der Waals surface area contributed by atoms with Crippen LogP contribution in [0.2, 0.25) is 0 Å². The molecular formula is C10H16N2O. The number of ketones is 1. The molecule has 0 fully saturated rings. The molecule has 0 saturated heterocycles. The molecule has 0 radical (unpaired) electrons. The van der Waals surface area contributed by atoms with Crippen LogP contribution >= 0.6 is 0 Å². The highest BCUT2D eigenvalue weighted by Gasteiger charge is 1.98. The Balaban J connectivity index is 0.000000424. The zero-order valence-corrected chi connectivity index (χ0v) is 8.08. The minimum absolute atomic E-state index is 0.0133. The van der Waals surface area contributed by atoms with Crippen molar-refractivity contribution in [3.05, 3.63) is 35.9 Å². The van der Waals surface area contributed by atoms with Crippen LogP contribution in [-0.2, 0) is 0 Å². The van der Waals surface area contributed by atoms with Gasteiger partial charge in [-0.2, -0.15) is 0 Å². The van der Waals surface area contributed by atoms with Gasteiger partial charge in [-0.1, -0.05) is 30.3 Å². The quantitative estimate of drug-likeness (QED) is 0.657. The second-order valence-electron chi connectivity index (χ2n) is 2.49. The largest absolute Gasteiger partial charge is 0.324 e. The smallest absolute Gasteiger partial charge is 0.176 e. The molecule has 3 nitrogen and oxygen atoms in total. The van der Waals surface area contributed by atoms with Crippen LogP contribution in [0.4, 0.5) is 0 Å². The van der Waals surface area contributed by atoms with Crippen molar-refractivity contribution in [2.75, 3.05) is 20.6 Å². The van der Waals surface area contributed by atoms with Crippen LogP contribution in [0.5, 0.6) is 0 Å². The van der Waals surface area contributed by atoms with Crippen molar-refractivity contribution < 1.29 is 4.79 Å². The average Bonchev–Trinajstić information content (AvgIpc) is 2.19. The fraction of sp³-hybridized carbons (Fsp3) is 0.300. The number of nitrogens with one attached hydrogen (secondary N) is 1. The summed E-state index contributed by atoms with van der Waals surface area (Å²) < 4.78 is 0. The van der Waals surface area contributed by atoms with E-state index in [1.165, 1.54) is 0 Å². The summed E-state index contributed by atoms with van der Waals surface area (Å²) in [6.07, 6.45) is 0. The molecule has 3 N–H and O–H groups in total. The molecule has 0 saturated carbocycles. The summed E-state index contributed by atoms with van der Waals surface area (Å²) in [6, 6.07) is 9.03. The van der Waals surface area contributed by atoms with Crippen molar-refractivity contribution in [3.8, 4) is 0 Å². The molecule has 0 aliphatic rings. The third-order valence-electron chi connectivity index (χ3n) is 1.28. The van der Waals surface area contributed by atoms with Crippen LogP contribution in [0, 0.1) is 0 Å². The van der Waals surface area contributed by atoms with Crippen LogP contribution in [0.1, 0.15) is 10.4 Å². The zero-order chi connectivity index (χ0) is 10.1. The van der Waals surface area contributed by atoms with Crippen LogP contribution < -0.4 is 11.1 Å². The van der Waals surface area contributed by atoms with Crippen molar-refractivity contribution >= 4 is 5.78 Å². The normalized spacial score (nSPS) is 8.54. The van der Waals surface area contributed by atoms with Gasteiger partial charge in [-0.05, 0) is 14.1 Å². The Kier molecular flexibility index (Phi) is 6.78. The van der Waals surface area contributed by atoms with E-state index < -0.39 is 0 Å². The molecule has 0 aliphatic heterocycles. The molecule has 1 aromatic rings. The fourth-order valence-electron chi connectivity index (χ4n) is 0.742. The van der Waals surface area contributed by atoms with Crippen LogP contribution in [-0.4, -0.2) is 26.4 Å². The van der Waals surface area contributed by atoms with Crippen molar-refractivity contribution in [1.82, 2.24) is 5.32 Å². The van der Waals surface area contributed by atoms with Gasteiger partial charge in [0.25, 0.3) is 0 Å². The zero-order valence-electron chi connectivity index (χ0n) is 8.08. The summed E-state index contributed by atoms with van der Waals surface area (Å²) in [7, 11) is 3.75. The molecule has 0 spiro atoms. The highest BCUT2D eigenvalue weighted by molar-refractivity contribution is 5.97. The van der Waals surface area contributed by atoms with Gasteiger partial charge in [0.2, 0.25) is 0 Å². The Bertz CT molecular complexity index is 234. The number of benzene rings is 1. The molecule has 0 amide bonds. The van der Waals surface area contributed by atoms with E-state index in [0.29, 0.717) is 5.56 Å². The second kappa shape index (κ2) is 7.46. The van der Waals surface area contributed by atoms with Gasteiger partial charge in [-0.25, -0.2) is 0 Å². The SMILES string of the molecule is CNC.NCC(=O)c1ccccc1. The second-order valence-corrected chi connectivity index (χ2v) is 2.49. The monoisotopic (exact) mass is 180 g/mol. The minimum atomic E-state index is -0.0133. The summed E-state index contributed by atoms with van der Waals surface area (Å²) in [4.78, 5) is 10.9. The first-order chi connectivity index (χ1) is 6.26. The molecule has 0 aliphatic carbocycles. The average molecular weight is 180 g/mol. The standard InChI is InChI=1S/C8H9NO.C2H7N/c9-6-8(10)7-4-2-1-3-5-7;1-3-2/h1-5H,6,9H2;3H,1-2H3.